The molecule has 16 heavy (non-hydrogen) atoms. The van der Waals surface area contributed by atoms with Crippen molar-refractivity contribution >= 4 is 17.6 Å². The second-order valence-electron chi connectivity index (χ2n) is 3.22. The summed E-state index contributed by atoms with van der Waals surface area (Å²) in [6.07, 6.45) is -0.298. The summed E-state index contributed by atoms with van der Waals surface area (Å²) in [6.45, 7) is 4.62. The van der Waals surface area contributed by atoms with E-state index in [4.69, 9.17) is 21.1 Å². The predicted octanol–water partition coefficient (Wildman–Crippen LogP) is 2.32. The first-order chi connectivity index (χ1) is 7.63. The van der Waals surface area contributed by atoms with Gasteiger partial charge in [0.15, 0.2) is 0 Å². The summed E-state index contributed by atoms with van der Waals surface area (Å²) in [6, 6.07) is 4.81. The molecule has 5 heteroatoms. The number of carbonyl (C=O) groups is 1. The Labute approximate surface area is 99.5 Å². The van der Waals surface area contributed by atoms with E-state index in [0.717, 1.165) is 0 Å². The number of halogens is 1. The second kappa shape index (κ2) is 6.45. The molecule has 4 nitrogen and oxygen atoms in total. The van der Waals surface area contributed by atoms with Gasteiger partial charge in [0.2, 0.25) is 0 Å². The third-order valence-electron chi connectivity index (χ3n) is 1.79. The molecule has 1 aromatic heterocycles. The summed E-state index contributed by atoms with van der Waals surface area (Å²) in [4.78, 5) is 15.4. The Hall–Kier alpha value is -1.13. The molecule has 0 aliphatic carbocycles. The van der Waals surface area contributed by atoms with Crippen LogP contribution in [-0.2, 0) is 9.47 Å². The van der Waals surface area contributed by atoms with Gasteiger partial charge in [-0.05, 0) is 26.0 Å². The fraction of sp³-hybridized carbons (Fsp3) is 0.455. The molecule has 0 radical (unpaired) electrons. The van der Waals surface area contributed by atoms with Crippen LogP contribution in [0.4, 0.5) is 0 Å². The number of hydrogen-bond acceptors (Lipinski definition) is 4. The maximum Gasteiger partial charge on any atom is 0.357 e. The summed E-state index contributed by atoms with van der Waals surface area (Å²) in [5.74, 6) is -0.491. The molecule has 0 saturated heterocycles. The molecule has 0 saturated carbocycles. The highest BCUT2D eigenvalue weighted by atomic mass is 35.5. The number of pyridine rings is 1. The van der Waals surface area contributed by atoms with Crippen LogP contribution in [0.3, 0.4) is 0 Å². The Kier molecular flexibility index (Phi) is 5.22. The first kappa shape index (κ1) is 12.9. The lowest BCUT2D eigenvalue weighted by atomic mass is 10.3. The molecule has 1 rings (SSSR count). The van der Waals surface area contributed by atoms with Crippen LogP contribution in [0.5, 0.6) is 0 Å². The molecule has 1 unspecified atom stereocenters. The fourth-order valence-corrected chi connectivity index (χ4v) is 1.25. The first-order valence-corrected chi connectivity index (χ1v) is 5.42. The molecule has 0 spiro atoms. The third-order valence-corrected chi connectivity index (χ3v) is 2.00. The smallest absolute Gasteiger partial charge is 0.357 e. The Morgan fingerprint density at radius 3 is 2.94 bits per heavy atom. The van der Waals surface area contributed by atoms with E-state index in [9.17, 15) is 4.79 Å². The average Bonchev–Trinajstić information content (AvgIpc) is 2.26. The lowest BCUT2D eigenvalue weighted by Gasteiger charge is -2.12. The molecule has 0 aliphatic heterocycles. The van der Waals surface area contributed by atoms with Gasteiger partial charge >= 0.3 is 5.97 Å². The highest BCUT2D eigenvalue weighted by molar-refractivity contribution is 6.29. The van der Waals surface area contributed by atoms with Gasteiger partial charge in [0.1, 0.15) is 17.0 Å². The quantitative estimate of drug-likeness (QED) is 0.588. The van der Waals surface area contributed by atoms with Crippen LogP contribution in [-0.4, -0.2) is 30.3 Å². The number of esters is 1. The van der Waals surface area contributed by atoms with Crippen molar-refractivity contribution in [3.63, 3.8) is 0 Å². The maximum absolute atomic E-state index is 11.6. The normalized spacial score (nSPS) is 12.2. The van der Waals surface area contributed by atoms with Gasteiger partial charge in [-0.15, -0.1) is 0 Å². The molecule has 0 amide bonds. The van der Waals surface area contributed by atoms with Crippen molar-refractivity contribution in [2.75, 3.05) is 13.2 Å². The standard InChI is InChI=1S/C11H14ClNO3/c1-3-15-7-8(2)16-11(14)9-5-4-6-10(12)13-9/h4-6,8H,3,7H2,1-2H3. The van der Waals surface area contributed by atoms with E-state index >= 15 is 0 Å². The van der Waals surface area contributed by atoms with Gasteiger partial charge in [-0.25, -0.2) is 9.78 Å². The number of nitrogens with zero attached hydrogens (tertiary/aromatic N) is 1. The van der Waals surface area contributed by atoms with Gasteiger partial charge in [-0.3, -0.25) is 0 Å². The molecular weight excluding hydrogens is 230 g/mol. The number of carbonyl (C=O) groups excluding carboxylic acids is 1. The van der Waals surface area contributed by atoms with Crippen LogP contribution in [0.25, 0.3) is 0 Å². The minimum atomic E-state index is -0.491. The lowest BCUT2D eigenvalue weighted by Crippen LogP contribution is -2.21. The number of rotatable bonds is 5. The second-order valence-corrected chi connectivity index (χ2v) is 3.61. The summed E-state index contributed by atoms with van der Waals surface area (Å²) in [5.41, 5.74) is 0.204. The number of hydrogen-bond donors (Lipinski definition) is 0. The fourth-order valence-electron chi connectivity index (χ4n) is 1.08. The van der Waals surface area contributed by atoms with Crippen molar-refractivity contribution in [2.45, 2.75) is 20.0 Å². The topological polar surface area (TPSA) is 48.4 Å². The first-order valence-electron chi connectivity index (χ1n) is 5.04. The zero-order chi connectivity index (χ0) is 12.0. The lowest BCUT2D eigenvalue weighted by molar-refractivity contribution is 0.00387. The molecule has 88 valence electrons. The average molecular weight is 244 g/mol. The molecule has 1 heterocycles. The van der Waals surface area contributed by atoms with E-state index in [0.29, 0.717) is 13.2 Å². The highest BCUT2D eigenvalue weighted by Crippen LogP contribution is 2.07. The van der Waals surface area contributed by atoms with Crippen LogP contribution in [0, 0.1) is 0 Å². The molecule has 1 aromatic rings. The summed E-state index contributed by atoms with van der Waals surface area (Å²) in [5, 5.41) is 0.270. The third kappa shape index (κ3) is 4.16. The Morgan fingerprint density at radius 2 is 2.31 bits per heavy atom. The van der Waals surface area contributed by atoms with Gasteiger partial charge in [0, 0.05) is 6.61 Å². The van der Waals surface area contributed by atoms with E-state index in [1.807, 2.05) is 6.92 Å². The largest absolute Gasteiger partial charge is 0.455 e. The monoisotopic (exact) mass is 243 g/mol. The molecule has 0 N–H and O–H groups in total. The molecule has 0 aliphatic rings. The van der Waals surface area contributed by atoms with Crippen molar-refractivity contribution in [3.05, 3.63) is 29.0 Å². The van der Waals surface area contributed by atoms with E-state index in [1.165, 1.54) is 0 Å². The van der Waals surface area contributed by atoms with Crippen LogP contribution >= 0.6 is 11.6 Å². The summed E-state index contributed by atoms with van der Waals surface area (Å²) in [7, 11) is 0. The maximum atomic E-state index is 11.6. The van der Waals surface area contributed by atoms with Gasteiger partial charge in [0.05, 0.1) is 6.61 Å². The molecular formula is C11H14ClNO3. The van der Waals surface area contributed by atoms with E-state index in [1.54, 1.807) is 25.1 Å². The van der Waals surface area contributed by atoms with Crippen molar-refractivity contribution in [3.8, 4) is 0 Å². The minimum absolute atomic E-state index is 0.204. The van der Waals surface area contributed by atoms with Gasteiger partial charge < -0.3 is 9.47 Å². The zero-order valence-corrected chi connectivity index (χ0v) is 10.0. The van der Waals surface area contributed by atoms with Crippen LogP contribution in [0.15, 0.2) is 18.2 Å². The molecule has 0 bridgehead atoms. The number of aromatic nitrogens is 1. The van der Waals surface area contributed by atoms with Crippen molar-refractivity contribution in [2.24, 2.45) is 0 Å². The summed E-state index contributed by atoms with van der Waals surface area (Å²) < 4.78 is 10.2. The van der Waals surface area contributed by atoms with E-state index in [2.05, 4.69) is 4.98 Å². The van der Waals surface area contributed by atoms with Crippen LogP contribution < -0.4 is 0 Å². The highest BCUT2D eigenvalue weighted by Gasteiger charge is 2.13. The minimum Gasteiger partial charge on any atom is -0.455 e. The van der Waals surface area contributed by atoms with E-state index < -0.39 is 5.97 Å². The van der Waals surface area contributed by atoms with Gasteiger partial charge in [-0.1, -0.05) is 17.7 Å². The molecule has 1 atom stereocenters. The predicted molar refractivity (Wildman–Crippen MR) is 60.6 cm³/mol. The van der Waals surface area contributed by atoms with Crippen LogP contribution in [0.1, 0.15) is 24.3 Å². The van der Waals surface area contributed by atoms with Crippen molar-refractivity contribution in [1.82, 2.24) is 4.98 Å². The Morgan fingerprint density at radius 1 is 1.56 bits per heavy atom. The zero-order valence-electron chi connectivity index (χ0n) is 9.27. The van der Waals surface area contributed by atoms with Gasteiger partial charge in [0.25, 0.3) is 0 Å². The van der Waals surface area contributed by atoms with Crippen LogP contribution in [0.2, 0.25) is 5.15 Å². The SMILES string of the molecule is CCOCC(C)OC(=O)c1cccc(Cl)n1. The Balaban J connectivity index is 2.52. The number of ether oxygens (including phenoxy) is 2. The van der Waals surface area contributed by atoms with E-state index in [-0.39, 0.29) is 17.0 Å². The summed E-state index contributed by atoms with van der Waals surface area (Å²) >= 11 is 5.67. The van der Waals surface area contributed by atoms with Crippen molar-refractivity contribution < 1.29 is 14.3 Å². The molecule has 0 aromatic carbocycles. The van der Waals surface area contributed by atoms with Crippen molar-refractivity contribution in [1.29, 1.82) is 0 Å². The molecule has 0 fully saturated rings. The Bertz CT molecular complexity index is 357. The van der Waals surface area contributed by atoms with Gasteiger partial charge in [-0.2, -0.15) is 0 Å².